The second-order valence-electron chi connectivity index (χ2n) is 5.24. The monoisotopic (exact) mass is 264 g/mol. The summed E-state index contributed by atoms with van der Waals surface area (Å²) in [7, 11) is 1.68. The van der Waals surface area contributed by atoms with Gasteiger partial charge in [-0.05, 0) is 32.3 Å². The standard InChI is InChI=1S/C16H24O3/c1-5-13-6-8-14(9-7-13)15(17)12-19-11-10-16(2,3)18-4/h6-9H,5,10-12H2,1-4H3. The van der Waals surface area contributed by atoms with Crippen LogP contribution in [-0.4, -0.2) is 31.7 Å². The van der Waals surface area contributed by atoms with Crippen molar-refractivity contribution in [2.75, 3.05) is 20.3 Å². The normalized spacial score (nSPS) is 11.6. The molecule has 0 saturated carbocycles. The molecule has 0 spiro atoms. The summed E-state index contributed by atoms with van der Waals surface area (Å²) in [4.78, 5) is 11.9. The molecule has 3 heteroatoms. The molecule has 0 aliphatic rings. The number of ketones is 1. The zero-order chi connectivity index (χ0) is 14.3. The van der Waals surface area contributed by atoms with Crippen molar-refractivity contribution in [3.63, 3.8) is 0 Å². The lowest BCUT2D eigenvalue weighted by Gasteiger charge is -2.22. The summed E-state index contributed by atoms with van der Waals surface area (Å²) in [6, 6.07) is 7.70. The molecule has 1 aromatic carbocycles. The highest BCUT2D eigenvalue weighted by molar-refractivity contribution is 5.97. The lowest BCUT2D eigenvalue weighted by atomic mass is 10.1. The van der Waals surface area contributed by atoms with Crippen molar-refractivity contribution in [1.29, 1.82) is 0 Å². The minimum absolute atomic E-state index is 0.0258. The maximum atomic E-state index is 11.9. The highest BCUT2D eigenvalue weighted by Crippen LogP contribution is 2.12. The summed E-state index contributed by atoms with van der Waals surface area (Å²) in [5.41, 5.74) is 1.74. The van der Waals surface area contributed by atoms with Gasteiger partial charge in [-0.2, -0.15) is 0 Å². The minimum Gasteiger partial charge on any atom is -0.379 e. The molecule has 0 radical (unpaired) electrons. The number of hydrogen-bond donors (Lipinski definition) is 0. The van der Waals surface area contributed by atoms with Crippen molar-refractivity contribution in [2.45, 2.75) is 39.2 Å². The summed E-state index contributed by atoms with van der Waals surface area (Å²) in [5.74, 6) is 0.0258. The summed E-state index contributed by atoms with van der Waals surface area (Å²) in [6.07, 6.45) is 1.75. The van der Waals surface area contributed by atoms with Gasteiger partial charge in [-0.1, -0.05) is 31.2 Å². The molecule has 0 aromatic heterocycles. The van der Waals surface area contributed by atoms with Gasteiger partial charge in [0.05, 0.1) is 5.60 Å². The Morgan fingerprint density at radius 1 is 1.21 bits per heavy atom. The average molecular weight is 264 g/mol. The lowest BCUT2D eigenvalue weighted by molar-refractivity contribution is -0.00836. The zero-order valence-corrected chi connectivity index (χ0v) is 12.4. The number of Topliss-reactive ketones (excluding diaryl/α,β-unsaturated/α-hetero) is 1. The molecule has 0 bridgehead atoms. The first-order valence-electron chi connectivity index (χ1n) is 6.73. The molecule has 0 aliphatic heterocycles. The van der Waals surface area contributed by atoms with E-state index in [1.165, 1.54) is 5.56 Å². The van der Waals surface area contributed by atoms with Crippen LogP contribution in [0.5, 0.6) is 0 Å². The van der Waals surface area contributed by atoms with Crippen LogP contribution in [0.25, 0.3) is 0 Å². The number of benzene rings is 1. The molecule has 0 aliphatic carbocycles. The SMILES string of the molecule is CCc1ccc(C(=O)COCCC(C)(C)OC)cc1. The van der Waals surface area contributed by atoms with Crippen LogP contribution >= 0.6 is 0 Å². The number of aryl methyl sites for hydroxylation is 1. The van der Waals surface area contributed by atoms with E-state index in [-0.39, 0.29) is 18.0 Å². The third kappa shape index (κ3) is 5.53. The van der Waals surface area contributed by atoms with E-state index in [0.29, 0.717) is 12.2 Å². The van der Waals surface area contributed by atoms with E-state index in [1.54, 1.807) is 7.11 Å². The first kappa shape index (κ1) is 15.9. The third-order valence-electron chi connectivity index (χ3n) is 3.32. The molecule has 19 heavy (non-hydrogen) atoms. The maximum Gasteiger partial charge on any atom is 0.188 e. The topological polar surface area (TPSA) is 35.5 Å². The number of rotatable bonds is 8. The first-order chi connectivity index (χ1) is 8.98. The first-order valence-corrected chi connectivity index (χ1v) is 6.73. The van der Waals surface area contributed by atoms with Gasteiger partial charge < -0.3 is 9.47 Å². The second-order valence-corrected chi connectivity index (χ2v) is 5.24. The smallest absolute Gasteiger partial charge is 0.188 e. The number of ether oxygens (including phenoxy) is 2. The predicted octanol–water partition coefficient (Wildman–Crippen LogP) is 3.26. The molecule has 0 N–H and O–H groups in total. The molecule has 0 atom stereocenters. The van der Waals surface area contributed by atoms with E-state index in [9.17, 15) is 4.79 Å². The van der Waals surface area contributed by atoms with Crippen molar-refractivity contribution in [2.24, 2.45) is 0 Å². The van der Waals surface area contributed by atoms with Crippen LogP contribution in [0.1, 0.15) is 43.1 Å². The van der Waals surface area contributed by atoms with Crippen LogP contribution in [0.3, 0.4) is 0 Å². The molecular weight excluding hydrogens is 240 g/mol. The summed E-state index contributed by atoms with van der Waals surface area (Å²) < 4.78 is 10.7. The van der Waals surface area contributed by atoms with Crippen LogP contribution in [0, 0.1) is 0 Å². The molecule has 0 amide bonds. The number of carbonyl (C=O) groups is 1. The van der Waals surface area contributed by atoms with Crippen LogP contribution in [0.4, 0.5) is 0 Å². The van der Waals surface area contributed by atoms with Crippen molar-refractivity contribution in [1.82, 2.24) is 0 Å². The summed E-state index contributed by atoms with van der Waals surface area (Å²) in [6.45, 7) is 6.76. The summed E-state index contributed by atoms with van der Waals surface area (Å²) in [5, 5.41) is 0. The number of hydrogen-bond acceptors (Lipinski definition) is 3. The van der Waals surface area contributed by atoms with E-state index in [2.05, 4.69) is 6.92 Å². The minimum atomic E-state index is -0.203. The Balaban J connectivity index is 2.35. The molecule has 3 nitrogen and oxygen atoms in total. The van der Waals surface area contributed by atoms with Crippen molar-refractivity contribution >= 4 is 5.78 Å². The van der Waals surface area contributed by atoms with E-state index in [1.807, 2.05) is 38.1 Å². The van der Waals surface area contributed by atoms with Crippen LogP contribution in [-0.2, 0) is 15.9 Å². The number of methoxy groups -OCH3 is 1. The molecule has 1 rings (SSSR count). The molecule has 0 heterocycles. The highest BCUT2D eigenvalue weighted by Gasteiger charge is 2.16. The largest absolute Gasteiger partial charge is 0.379 e. The Morgan fingerprint density at radius 2 is 1.84 bits per heavy atom. The molecule has 106 valence electrons. The van der Waals surface area contributed by atoms with Crippen molar-refractivity contribution in [3.05, 3.63) is 35.4 Å². The Kier molecular flexibility index (Phi) is 6.19. The van der Waals surface area contributed by atoms with Crippen LogP contribution < -0.4 is 0 Å². The molecule has 1 aromatic rings. The van der Waals surface area contributed by atoms with Gasteiger partial charge in [0.25, 0.3) is 0 Å². The Labute approximate surface area is 115 Å². The summed E-state index contributed by atoms with van der Waals surface area (Å²) >= 11 is 0. The average Bonchev–Trinajstić information content (AvgIpc) is 2.43. The Morgan fingerprint density at radius 3 is 2.37 bits per heavy atom. The van der Waals surface area contributed by atoms with Gasteiger partial charge in [0.15, 0.2) is 5.78 Å². The van der Waals surface area contributed by atoms with Gasteiger partial charge in [-0.15, -0.1) is 0 Å². The van der Waals surface area contributed by atoms with Gasteiger partial charge in [0.2, 0.25) is 0 Å². The third-order valence-corrected chi connectivity index (χ3v) is 3.32. The van der Waals surface area contributed by atoms with E-state index < -0.39 is 0 Å². The van der Waals surface area contributed by atoms with Gasteiger partial charge in [-0.3, -0.25) is 4.79 Å². The van der Waals surface area contributed by atoms with Gasteiger partial charge >= 0.3 is 0 Å². The second kappa shape index (κ2) is 7.41. The fraction of sp³-hybridized carbons (Fsp3) is 0.562. The quantitative estimate of drug-likeness (QED) is 0.534. The van der Waals surface area contributed by atoms with Gasteiger partial charge in [0, 0.05) is 19.3 Å². The van der Waals surface area contributed by atoms with Crippen molar-refractivity contribution in [3.8, 4) is 0 Å². The fourth-order valence-corrected chi connectivity index (χ4v) is 1.59. The lowest BCUT2D eigenvalue weighted by Crippen LogP contribution is -2.25. The van der Waals surface area contributed by atoms with E-state index in [0.717, 1.165) is 12.8 Å². The van der Waals surface area contributed by atoms with Crippen LogP contribution in [0.15, 0.2) is 24.3 Å². The van der Waals surface area contributed by atoms with Gasteiger partial charge in [0.1, 0.15) is 6.61 Å². The Bertz CT molecular complexity index is 393. The molecular formula is C16H24O3. The van der Waals surface area contributed by atoms with Gasteiger partial charge in [-0.25, -0.2) is 0 Å². The Hall–Kier alpha value is -1.19. The van der Waals surface area contributed by atoms with Crippen LogP contribution in [0.2, 0.25) is 0 Å². The molecule has 0 unspecified atom stereocenters. The van der Waals surface area contributed by atoms with E-state index >= 15 is 0 Å². The zero-order valence-electron chi connectivity index (χ0n) is 12.4. The van der Waals surface area contributed by atoms with Crippen molar-refractivity contribution < 1.29 is 14.3 Å². The fourth-order valence-electron chi connectivity index (χ4n) is 1.59. The predicted molar refractivity (Wildman–Crippen MR) is 76.7 cm³/mol. The number of carbonyl (C=O) groups excluding carboxylic acids is 1. The maximum absolute atomic E-state index is 11.9. The van der Waals surface area contributed by atoms with E-state index in [4.69, 9.17) is 9.47 Å². The molecule has 0 fully saturated rings. The molecule has 0 saturated heterocycles. The highest BCUT2D eigenvalue weighted by atomic mass is 16.5.